The molecule has 25 heavy (non-hydrogen) atoms. The summed E-state index contributed by atoms with van der Waals surface area (Å²) in [6.45, 7) is 13.1. The number of nitrogens with zero attached hydrogens (tertiary/aromatic N) is 4. The van der Waals surface area contributed by atoms with Crippen LogP contribution in [0.2, 0.25) is 0 Å². The summed E-state index contributed by atoms with van der Waals surface area (Å²) in [5.41, 5.74) is 3.57. The molecule has 3 heterocycles. The number of ether oxygens (including phenoxy) is 1. The van der Waals surface area contributed by atoms with Gasteiger partial charge in [0, 0.05) is 48.7 Å². The molecule has 7 heteroatoms. The SMILES string of the molecule is Cc1cc2ncc(C(C)NC3CN(C(=O)OC(C)(C)C)C3)c(C)n2n1. The summed E-state index contributed by atoms with van der Waals surface area (Å²) in [6, 6.07) is 2.36. The van der Waals surface area contributed by atoms with Gasteiger partial charge in [-0.2, -0.15) is 5.10 Å². The van der Waals surface area contributed by atoms with E-state index in [2.05, 4.69) is 29.2 Å². The minimum absolute atomic E-state index is 0.132. The molecule has 0 radical (unpaired) electrons. The number of hydrogen-bond acceptors (Lipinski definition) is 5. The first-order valence-electron chi connectivity index (χ1n) is 8.70. The van der Waals surface area contributed by atoms with Crippen LogP contribution in [0.4, 0.5) is 4.79 Å². The smallest absolute Gasteiger partial charge is 0.410 e. The molecule has 0 bridgehead atoms. The predicted octanol–water partition coefficient (Wildman–Crippen LogP) is 2.62. The van der Waals surface area contributed by atoms with Crippen molar-refractivity contribution in [3.05, 3.63) is 29.2 Å². The molecule has 2 aromatic heterocycles. The second-order valence-electron chi connectivity index (χ2n) is 7.83. The van der Waals surface area contributed by atoms with Crippen molar-refractivity contribution in [2.75, 3.05) is 13.1 Å². The maximum Gasteiger partial charge on any atom is 0.410 e. The molecule has 3 rings (SSSR count). The second kappa shape index (κ2) is 6.29. The molecule has 0 spiro atoms. The predicted molar refractivity (Wildman–Crippen MR) is 95.6 cm³/mol. The summed E-state index contributed by atoms with van der Waals surface area (Å²) < 4.78 is 7.27. The zero-order chi connectivity index (χ0) is 18.4. The van der Waals surface area contributed by atoms with Crippen molar-refractivity contribution in [1.82, 2.24) is 24.8 Å². The van der Waals surface area contributed by atoms with Gasteiger partial charge < -0.3 is 15.0 Å². The molecule has 1 fully saturated rings. The number of likely N-dealkylation sites (tertiary alicyclic amines) is 1. The number of hydrogen-bond donors (Lipinski definition) is 1. The summed E-state index contributed by atoms with van der Waals surface area (Å²) >= 11 is 0. The quantitative estimate of drug-likeness (QED) is 0.926. The van der Waals surface area contributed by atoms with Gasteiger partial charge in [-0.15, -0.1) is 0 Å². The van der Waals surface area contributed by atoms with Crippen LogP contribution >= 0.6 is 0 Å². The van der Waals surface area contributed by atoms with Crippen LogP contribution in [0.25, 0.3) is 5.65 Å². The highest BCUT2D eigenvalue weighted by atomic mass is 16.6. The maximum absolute atomic E-state index is 12.0. The first kappa shape index (κ1) is 17.7. The molecule has 1 amide bonds. The molecular formula is C18H27N5O2. The molecule has 1 aliphatic heterocycles. The van der Waals surface area contributed by atoms with E-state index in [-0.39, 0.29) is 18.2 Å². The number of aromatic nitrogens is 3. The van der Waals surface area contributed by atoms with Gasteiger partial charge in [0.25, 0.3) is 0 Å². The number of carbonyl (C=O) groups excluding carboxylic acids is 1. The maximum atomic E-state index is 12.0. The average Bonchev–Trinajstić information content (AvgIpc) is 2.82. The Balaban J connectivity index is 1.60. The van der Waals surface area contributed by atoms with E-state index in [0.29, 0.717) is 13.1 Å². The van der Waals surface area contributed by atoms with E-state index in [0.717, 1.165) is 22.6 Å². The van der Waals surface area contributed by atoms with Crippen LogP contribution in [-0.2, 0) is 4.74 Å². The molecule has 0 aromatic carbocycles. The third-order valence-electron chi connectivity index (χ3n) is 4.37. The lowest BCUT2D eigenvalue weighted by molar-refractivity contribution is 0.00432. The Bertz CT molecular complexity index is 787. The van der Waals surface area contributed by atoms with Crippen LogP contribution in [0, 0.1) is 13.8 Å². The van der Waals surface area contributed by atoms with E-state index >= 15 is 0 Å². The normalized spacial score (nSPS) is 16.8. The van der Waals surface area contributed by atoms with Crippen LogP contribution in [0.15, 0.2) is 12.3 Å². The monoisotopic (exact) mass is 345 g/mol. The average molecular weight is 345 g/mol. The van der Waals surface area contributed by atoms with Crippen molar-refractivity contribution in [3.63, 3.8) is 0 Å². The molecule has 1 saturated heterocycles. The first-order chi connectivity index (χ1) is 11.6. The number of nitrogens with one attached hydrogen (secondary N) is 1. The zero-order valence-electron chi connectivity index (χ0n) is 15.8. The van der Waals surface area contributed by atoms with Gasteiger partial charge in [-0.25, -0.2) is 14.3 Å². The molecule has 2 aromatic rings. The van der Waals surface area contributed by atoms with Gasteiger partial charge >= 0.3 is 6.09 Å². The van der Waals surface area contributed by atoms with Crippen LogP contribution < -0.4 is 5.32 Å². The summed E-state index contributed by atoms with van der Waals surface area (Å²) in [4.78, 5) is 18.2. The van der Waals surface area contributed by atoms with Crippen LogP contribution in [-0.4, -0.2) is 50.3 Å². The summed E-state index contributed by atoms with van der Waals surface area (Å²) in [5.74, 6) is 0. The van der Waals surface area contributed by atoms with Gasteiger partial charge in [-0.3, -0.25) is 0 Å². The van der Waals surface area contributed by atoms with E-state index in [4.69, 9.17) is 4.74 Å². The number of aryl methyl sites for hydroxylation is 2. The fourth-order valence-corrected chi connectivity index (χ4v) is 3.10. The number of fused-ring (bicyclic) bond motifs is 1. The Hall–Kier alpha value is -2.15. The molecule has 136 valence electrons. The lowest BCUT2D eigenvalue weighted by atomic mass is 10.0. The Kier molecular flexibility index (Phi) is 4.45. The van der Waals surface area contributed by atoms with Gasteiger partial charge in [0.15, 0.2) is 5.65 Å². The van der Waals surface area contributed by atoms with Gasteiger partial charge in [0.2, 0.25) is 0 Å². The molecule has 7 nitrogen and oxygen atoms in total. The first-order valence-corrected chi connectivity index (χ1v) is 8.70. The number of carbonyl (C=O) groups is 1. The van der Waals surface area contributed by atoms with Gasteiger partial charge in [-0.05, 0) is 41.5 Å². The van der Waals surface area contributed by atoms with Gasteiger partial charge in [0.1, 0.15) is 5.60 Å². The lowest BCUT2D eigenvalue weighted by Crippen LogP contribution is -2.60. The summed E-state index contributed by atoms with van der Waals surface area (Å²) in [7, 11) is 0. The van der Waals surface area contributed by atoms with Crippen molar-refractivity contribution in [2.45, 2.75) is 59.2 Å². The van der Waals surface area contributed by atoms with E-state index in [1.165, 1.54) is 0 Å². The topological polar surface area (TPSA) is 71.8 Å². The largest absolute Gasteiger partial charge is 0.444 e. The fraction of sp³-hybridized carbons (Fsp3) is 0.611. The molecule has 1 N–H and O–H groups in total. The molecule has 1 atom stereocenters. The molecular weight excluding hydrogens is 318 g/mol. The Morgan fingerprint density at radius 3 is 2.68 bits per heavy atom. The van der Waals surface area contributed by atoms with Crippen LogP contribution in [0.3, 0.4) is 0 Å². The lowest BCUT2D eigenvalue weighted by Gasteiger charge is -2.41. The third kappa shape index (κ3) is 3.76. The van der Waals surface area contributed by atoms with Crippen molar-refractivity contribution >= 4 is 11.7 Å². The molecule has 1 unspecified atom stereocenters. The fourth-order valence-electron chi connectivity index (χ4n) is 3.10. The Morgan fingerprint density at radius 1 is 1.36 bits per heavy atom. The zero-order valence-corrected chi connectivity index (χ0v) is 15.8. The van der Waals surface area contributed by atoms with Crippen molar-refractivity contribution in [3.8, 4) is 0 Å². The Labute approximate surface area is 148 Å². The molecule has 1 aliphatic rings. The van der Waals surface area contributed by atoms with Crippen molar-refractivity contribution < 1.29 is 9.53 Å². The second-order valence-corrected chi connectivity index (χ2v) is 7.83. The van der Waals surface area contributed by atoms with E-state index < -0.39 is 5.60 Å². The standard InChI is InChI=1S/C18H27N5O2/c1-11-7-16-19-8-15(13(3)23(16)21-11)12(2)20-14-9-22(10-14)17(24)25-18(4,5)6/h7-8,12,14,20H,9-10H2,1-6H3. The van der Waals surface area contributed by atoms with E-state index in [1.54, 1.807) is 4.90 Å². The highest BCUT2D eigenvalue weighted by molar-refractivity contribution is 5.69. The Morgan fingerprint density at radius 2 is 2.04 bits per heavy atom. The molecule has 0 saturated carbocycles. The van der Waals surface area contributed by atoms with Gasteiger partial charge in [-0.1, -0.05) is 0 Å². The summed E-state index contributed by atoms with van der Waals surface area (Å²) in [5, 5.41) is 8.06. The van der Waals surface area contributed by atoms with Gasteiger partial charge in [0.05, 0.1) is 5.69 Å². The van der Waals surface area contributed by atoms with Crippen LogP contribution in [0.5, 0.6) is 0 Å². The number of rotatable bonds is 3. The highest BCUT2D eigenvalue weighted by Gasteiger charge is 2.34. The van der Waals surface area contributed by atoms with Crippen LogP contribution in [0.1, 0.15) is 50.7 Å². The minimum Gasteiger partial charge on any atom is -0.444 e. The van der Waals surface area contributed by atoms with Crippen molar-refractivity contribution in [1.29, 1.82) is 0 Å². The minimum atomic E-state index is -0.455. The van der Waals surface area contributed by atoms with Crippen molar-refractivity contribution in [2.24, 2.45) is 0 Å². The summed E-state index contributed by atoms with van der Waals surface area (Å²) in [6.07, 6.45) is 1.66. The molecule has 0 aliphatic carbocycles. The van der Waals surface area contributed by atoms with E-state index in [1.807, 2.05) is 44.5 Å². The highest BCUT2D eigenvalue weighted by Crippen LogP contribution is 2.21. The third-order valence-corrected chi connectivity index (χ3v) is 4.37. The number of amides is 1. The van der Waals surface area contributed by atoms with E-state index in [9.17, 15) is 4.79 Å².